The van der Waals surface area contributed by atoms with Crippen LogP contribution in [0.15, 0.2) is 0 Å². The van der Waals surface area contributed by atoms with Crippen LogP contribution in [0.2, 0.25) is 0 Å². The monoisotopic (exact) mass is 174 g/mol. The van der Waals surface area contributed by atoms with Gasteiger partial charge in [0.1, 0.15) is 0 Å². The van der Waals surface area contributed by atoms with E-state index in [1.807, 2.05) is 13.8 Å². The molecule has 0 aliphatic heterocycles. The second kappa shape index (κ2) is 7.06. The van der Waals surface area contributed by atoms with Crippen LogP contribution >= 0.6 is 0 Å². The minimum atomic E-state index is -0.119. The molecule has 0 heterocycles. The predicted octanol–water partition coefficient (Wildman–Crippen LogP) is -0.253. The van der Waals surface area contributed by atoms with Crippen molar-refractivity contribution in [3.05, 3.63) is 0 Å². The molecule has 0 aromatic heterocycles. The van der Waals surface area contributed by atoms with E-state index >= 15 is 0 Å². The van der Waals surface area contributed by atoms with E-state index in [-0.39, 0.29) is 11.9 Å². The lowest BCUT2D eigenvalue weighted by atomic mass is 10.3. The highest BCUT2D eigenvalue weighted by atomic mass is 16.5. The van der Waals surface area contributed by atoms with Crippen LogP contribution < -0.4 is 10.6 Å². The van der Waals surface area contributed by atoms with E-state index < -0.39 is 0 Å². The van der Waals surface area contributed by atoms with Crippen molar-refractivity contribution in [2.24, 2.45) is 0 Å². The molecular weight excluding hydrogens is 156 g/mol. The van der Waals surface area contributed by atoms with Gasteiger partial charge in [-0.15, -0.1) is 0 Å². The Morgan fingerprint density at radius 1 is 1.58 bits per heavy atom. The number of hydrogen-bond donors (Lipinski definition) is 2. The standard InChI is InChI=1S/C8H18N2O2/c1-4-9-7(2)8(11)10-5-6-12-3/h7,9H,4-6H2,1-3H3,(H,10,11). The van der Waals surface area contributed by atoms with Crippen LogP contribution in [-0.4, -0.2) is 38.8 Å². The first-order valence-corrected chi connectivity index (χ1v) is 4.22. The minimum absolute atomic E-state index is 0.0221. The molecule has 0 aliphatic carbocycles. The molecule has 0 aromatic rings. The SMILES string of the molecule is CCNC(C)C(=O)NCCOC. The number of ether oxygens (including phenoxy) is 1. The van der Waals surface area contributed by atoms with Crippen LogP contribution in [0.25, 0.3) is 0 Å². The van der Waals surface area contributed by atoms with Gasteiger partial charge in [-0.05, 0) is 13.5 Å². The molecule has 0 rings (SSSR count). The third-order valence-corrected chi connectivity index (χ3v) is 1.51. The van der Waals surface area contributed by atoms with Gasteiger partial charge in [-0.3, -0.25) is 4.79 Å². The maximum Gasteiger partial charge on any atom is 0.236 e. The normalized spacial score (nSPS) is 12.6. The topological polar surface area (TPSA) is 50.4 Å². The number of hydrogen-bond acceptors (Lipinski definition) is 3. The van der Waals surface area contributed by atoms with Crippen molar-refractivity contribution in [3.8, 4) is 0 Å². The quantitative estimate of drug-likeness (QED) is 0.546. The lowest BCUT2D eigenvalue weighted by Crippen LogP contribution is -2.43. The molecule has 1 atom stereocenters. The van der Waals surface area contributed by atoms with E-state index in [0.717, 1.165) is 6.54 Å². The number of carbonyl (C=O) groups is 1. The lowest BCUT2D eigenvalue weighted by Gasteiger charge is -2.11. The van der Waals surface area contributed by atoms with Crippen LogP contribution in [0.3, 0.4) is 0 Å². The molecule has 0 aromatic carbocycles. The lowest BCUT2D eigenvalue weighted by molar-refractivity contribution is -0.122. The van der Waals surface area contributed by atoms with Crippen molar-refractivity contribution in [3.63, 3.8) is 0 Å². The summed E-state index contributed by atoms with van der Waals surface area (Å²) in [7, 11) is 1.61. The first-order chi connectivity index (χ1) is 5.72. The Morgan fingerprint density at radius 3 is 2.75 bits per heavy atom. The zero-order chi connectivity index (χ0) is 9.40. The summed E-state index contributed by atoms with van der Waals surface area (Å²) in [5.74, 6) is 0.0221. The number of nitrogens with one attached hydrogen (secondary N) is 2. The van der Waals surface area contributed by atoms with Gasteiger partial charge in [-0.1, -0.05) is 6.92 Å². The van der Waals surface area contributed by atoms with Gasteiger partial charge >= 0.3 is 0 Å². The number of amides is 1. The molecule has 0 aliphatic rings. The van der Waals surface area contributed by atoms with Crippen molar-refractivity contribution in [1.29, 1.82) is 0 Å². The summed E-state index contributed by atoms with van der Waals surface area (Å²) < 4.78 is 4.80. The largest absolute Gasteiger partial charge is 0.383 e. The zero-order valence-electron chi connectivity index (χ0n) is 8.02. The van der Waals surface area contributed by atoms with Crippen LogP contribution in [0.1, 0.15) is 13.8 Å². The van der Waals surface area contributed by atoms with Crippen LogP contribution in [0.5, 0.6) is 0 Å². The molecule has 1 unspecified atom stereocenters. The fourth-order valence-corrected chi connectivity index (χ4v) is 0.828. The Labute approximate surface area is 73.7 Å². The van der Waals surface area contributed by atoms with E-state index in [9.17, 15) is 4.79 Å². The summed E-state index contributed by atoms with van der Waals surface area (Å²) >= 11 is 0. The Balaban J connectivity index is 3.43. The second-order valence-electron chi connectivity index (χ2n) is 2.56. The fraction of sp³-hybridized carbons (Fsp3) is 0.875. The zero-order valence-corrected chi connectivity index (χ0v) is 8.02. The smallest absolute Gasteiger partial charge is 0.236 e. The highest BCUT2D eigenvalue weighted by Crippen LogP contribution is 1.80. The molecule has 0 saturated heterocycles. The molecule has 0 radical (unpaired) electrons. The second-order valence-corrected chi connectivity index (χ2v) is 2.56. The first kappa shape index (κ1) is 11.4. The molecule has 12 heavy (non-hydrogen) atoms. The molecule has 4 heteroatoms. The van der Waals surface area contributed by atoms with Gasteiger partial charge in [0.15, 0.2) is 0 Å². The maximum atomic E-state index is 11.2. The number of likely N-dealkylation sites (N-methyl/N-ethyl adjacent to an activating group) is 1. The van der Waals surface area contributed by atoms with Crippen molar-refractivity contribution in [2.75, 3.05) is 26.8 Å². The minimum Gasteiger partial charge on any atom is -0.383 e. The van der Waals surface area contributed by atoms with Gasteiger partial charge in [0.2, 0.25) is 5.91 Å². The van der Waals surface area contributed by atoms with Gasteiger partial charge < -0.3 is 15.4 Å². The number of carbonyl (C=O) groups excluding carboxylic acids is 1. The fourth-order valence-electron chi connectivity index (χ4n) is 0.828. The Bertz CT molecular complexity index is 128. The maximum absolute atomic E-state index is 11.2. The van der Waals surface area contributed by atoms with E-state index in [2.05, 4.69) is 10.6 Å². The summed E-state index contributed by atoms with van der Waals surface area (Å²) in [6.45, 7) is 5.75. The van der Waals surface area contributed by atoms with E-state index in [0.29, 0.717) is 13.2 Å². The van der Waals surface area contributed by atoms with Crippen molar-refractivity contribution < 1.29 is 9.53 Å². The van der Waals surface area contributed by atoms with E-state index in [4.69, 9.17) is 4.74 Å². The highest BCUT2D eigenvalue weighted by Gasteiger charge is 2.08. The highest BCUT2D eigenvalue weighted by molar-refractivity contribution is 5.81. The molecule has 4 nitrogen and oxygen atoms in total. The van der Waals surface area contributed by atoms with Gasteiger partial charge in [0.25, 0.3) is 0 Å². The third-order valence-electron chi connectivity index (χ3n) is 1.51. The number of rotatable bonds is 6. The predicted molar refractivity (Wildman–Crippen MR) is 48.0 cm³/mol. The molecule has 1 amide bonds. The average molecular weight is 174 g/mol. The number of methoxy groups -OCH3 is 1. The van der Waals surface area contributed by atoms with Gasteiger partial charge in [-0.2, -0.15) is 0 Å². The molecule has 72 valence electrons. The molecular formula is C8H18N2O2. The molecule has 0 fully saturated rings. The summed E-state index contributed by atoms with van der Waals surface area (Å²) in [4.78, 5) is 11.2. The molecule has 0 spiro atoms. The van der Waals surface area contributed by atoms with Crippen LogP contribution in [-0.2, 0) is 9.53 Å². The van der Waals surface area contributed by atoms with E-state index in [1.54, 1.807) is 7.11 Å². The first-order valence-electron chi connectivity index (χ1n) is 4.22. The van der Waals surface area contributed by atoms with Crippen molar-refractivity contribution >= 4 is 5.91 Å². The van der Waals surface area contributed by atoms with E-state index in [1.165, 1.54) is 0 Å². The van der Waals surface area contributed by atoms with Crippen LogP contribution in [0.4, 0.5) is 0 Å². The average Bonchev–Trinajstić information content (AvgIpc) is 2.05. The van der Waals surface area contributed by atoms with Gasteiger partial charge in [0, 0.05) is 13.7 Å². The third kappa shape index (κ3) is 5.09. The summed E-state index contributed by atoms with van der Waals surface area (Å²) in [5.41, 5.74) is 0. The molecule has 2 N–H and O–H groups in total. The van der Waals surface area contributed by atoms with Crippen molar-refractivity contribution in [2.45, 2.75) is 19.9 Å². The Hall–Kier alpha value is -0.610. The Morgan fingerprint density at radius 2 is 2.25 bits per heavy atom. The summed E-state index contributed by atoms with van der Waals surface area (Å²) in [6, 6.07) is -0.119. The summed E-state index contributed by atoms with van der Waals surface area (Å²) in [6.07, 6.45) is 0. The van der Waals surface area contributed by atoms with Crippen LogP contribution in [0, 0.1) is 0 Å². The van der Waals surface area contributed by atoms with Crippen molar-refractivity contribution in [1.82, 2.24) is 10.6 Å². The van der Waals surface area contributed by atoms with Gasteiger partial charge in [-0.25, -0.2) is 0 Å². The molecule has 0 bridgehead atoms. The van der Waals surface area contributed by atoms with Gasteiger partial charge in [0.05, 0.1) is 12.6 Å². The molecule has 0 saturated carbocycles. The Kier molecular flexibility index (Phi) is 6.70. The summed E-state index contributed by atoms with van der Waals surface area (Å²) in [5, 5.41) is 5.76.